The molecule has 0 unspecified atom stereocenters. The van der Waals surface area contributed by atoms with Crippen LogP contribution >= 0.6 is 0 Å². The summed E-state index contributed by atoms with van der Waals surface area (Å²) in [6.45, 7) is 1.97. The number of nitrogens with zero attached hydrogens (tertiary/aromatic N) is 4. The first-order chi connectivity index (χ1) is 8.11. The average molecular weight is 240 g/mol. The Bertz CT molecular complexity index is 410. The van der Waals surface area contributed by atoms with Gasteiger partial charge in [-0.1, -0.05) is 0 Å². The third kappa shape index (κ3) is 2.38. The summed E-state index contributed by atoms with van der Waals surface area (Å²) in [5.41, 5.74) is -0.0635. The maximum Gasteiger partial charge on any atom is 0.350 e. The van der Waals surface area contributed by atoms with Gasteiger partial charge >= 0.3 is 11.6 Å². The highest BCUT2D eigenvalue weighted by Gasteiger charge is 2.25. The first-order valence-electron chi connectivity index (χ1n) is 5.58. The van der Waals surface area contributed by atoms with E-state index in [0.717, 1.165) is 25.9 Å². The maximum atomic E-state index is 10.8. The van der Waals surface area contributed by atoms with Crippen LogP contribution < -0.4 is 4.74 Å². The molecule has 2 heterocycles. The predicted molar refractivity (Wildman–Crippen MR) is 61.2 cm³/mol. The Morgan fingerprint density at radius 1 is 1.53 bits per heavy atom. The minimum absolute atomic E-state index is 0.0635. The molecule has 1 saturated heterocycles. The monoisotopic (exact) mass is 240 g/mol. The molecule has 0 bridgehead atoms. The zero-order valence-corrected chi connectivity index (χ0v) is 10.00. The lowest BCUT2D eigenvalue weighted by molar-refractivity contribution is -0.385. The number of ether oxygens (including phenoxy) is 1. The van der Waals surface area contributed by atoms with Crippen LogP contribution in [0, 0.1) is 10.1 Å². The summed E-state index contributed by atoms with van der Waals surface area (Å²) < 4.78 is 6.59. The van der Waals surface area contributed by atoms with E-state index in [1.54, 1.807) is 4.68 Å². The number of hydrogen-bond donors (Lipinski definition) is 0. The molecule has 0 N–H and O–H groups in total. The molecule has 0 amide bonds. The molecule has 94 valence electrons. The summed E-state index contributed by atoms with van der Waals surface area (Å²) in [5, 5.41) is 14.9. The van der Waals surface area contributed by atoms with Crippen molar-refractivity contribution in [1.82, 2.24) is 14.7 Å². The van der Waals surface area contributed by atoms with Gasteiger partial charge in [0.2, 0.25) is 0 Å². The van der Waals surface area contributed by atoms with Gasteiger partial charge in [0, 0.05) is 0 Å². The molecule has 1 aliphatic rings. The van der Waals surface area contributed by atoms with Crippen molar-refractivity contribution in [1.29, 1.82) is 0 Å². The van der Waals surface area contributed by atoms with Crippen LogP contribution in [-0.2, 0) is 0 Å². The normalized spacial score (nSPS) is 18.2. The Kier molecular flexibility index (Phi) is 3.28. The molecule has 0 radical (unpaired) electrons. The Hall–Kier alpha value is -1.63. The van der Waals surface area contributed by atoms with Crippen LogP contribution in [0.2, 0.25) is 0 Å². The van der Waals surface area contributed by atoms with Crippen molar-refractivity contribution in [2.24, 2.45) is 0 Å². The summed E-state index contributed by atoms with van der Waals surface area (Å²) in [6.07, 6.45) is 3.38. The molecule has 0 aliphatic carbocycles. The Labute approximate surface area is 99.1 Å². The van der Waals surface area contributed by atoms with E-state index in [2.05, 4.69) is 17.0 Å². The number of rotatable bonds is 3. The van der Waals surface area contributed by atoms with Crippen molar-refractivity contribution in [3.63, 3.8) is 0 Å². The smallest absolute Gasteiger partial charge is 0.350 e. The van der Waals surface area contributed by atoms with Crippen LogP contribution in [0.25, 0.3) is 0 Å². The van der Waals surface area contributed by atoms with Gasteiger partial charge < -0.3 is 9.64 Å². The molecule has 1 aliphatic heterocycles. The summed E-state index contributed by atoms with van der Waals surface area (Å²) in [7, 11) is 3.47. The second kappa shape index (κ2) is 4.70. The molecule has 0 spiro atoms. The summed E-state index contributed by atoms with van der Waals surface area (Å²) in [6, 6.07) is 0.230. The third-order valence-corrected chi connectivity index (χ3v) is 3.13. The first-order valence-corrected chi connectivity index (χ1v) is 5.58. The fourth-order valence-electron chi connectivity index (χ4n) is 2.08. The molecule has 2 rings (SSSR count). The Morgan fingerprint density at radius 2 is 2.18 bits per heavy atom. The zero-order valence-electron chi connectivity index (χ0n) is 10.00. The first kappa shape index (κ1) is 11.8. The Balaban J connectivity index is 2.19. The van der Waals surface area contributed by atoms with E-state index in [9.17, 15) is 10.1 Å². The van der Waals surface area contributed by atoms with Crippen molar-refractivity contribution >= 4 is 5.69 Å². The lowest BCUT2D eigenvalue weighted by atomic mass is 10.1. The number of methoxy groups -OCH3 is 1. The van der Waals surface area contributed by atoms with Gasteiger partial charge in [-0.15, -0.1) is 5.10 Å². The predicted octanol–water partition coefficient (Wildman–Crippen LogP) is 1.07. The fraction of sp³-hybridized carbons (Fsp3) is 0.700. The molecule has 1 fully saturated rings. The van der Waals surface area contributed by atoms with Crippen molar-refractivity contribution < 1.29 is 9.66 Å². The molecular weight excluding hydrogens is 224 g/mol. The molecule has 0 aromatic carbocycles. The number of aromatic nitrogens is 2. The van der Waals surface area contributed by atoms with E-state index < -0.39 is 4.92 Å². The lowest BCUT2D eigenvalue weighted by Gasteiger charge is -2.28. The fourth-order valence-corrected chi connectivity index (χ4v) is 2.08. The van der Waals surface area contributed by atoms with E-state index in [0.29, 0.717) is 0 Å². The summed E-state index contributed by atoms with van der Waals surface area (Å²) in [5.74, 6) is 0.0916. The molecule has 1 aromatic heterocycles. The van der Waals surface area contributed by atoms with E-state index in [1.807, 2.05) is 0 Å². The average Bonchev–Trinajstić information content (AvgIpc) is 2.74. The standard InChI is InChI=1S/C10H16N4O3/c1-12-5-3-8(4-6-12)13-7-9(14(15)16)10(11-13)17-2/h7-8H,3-6H2,1-2H3. The van der Waals surface area contributed by atoms with E-state index in [-0.39, 0.29) is 17.6 Å². The number of nitro groups is 1. The minimum atomic E-state index is -0.461. The molecule has 17 heavy (non-hydrogen) atoms. The lowest BCUT2D eigenvalue weighted by Crippen LogP contribution is -2.31. The number of likely N-dealkylation sites (tertiary alicyclic amines) is 1. The second-order valence-electron chi connectivity index (χ2n) is 4.30. The van der Waals surface area contributed by atoms with Gasteiger partial charge in [-0.05, 0) is 33.0 Å². The van der Waals surface area contributed by atoms with E-state index >= 15 is 0 Å². The largest absolute Gasteiger partial charge is 0.475 e. The molecule has 1 aromatic rings. The van der Waals surface area contributed by atoms with Gasteiger partial charge in [0.1, 0.15) is 6.20 Å². The van der Waals surface area contributed by atoms with Crippen LogP contribution in [-0.4, -0.2) is 46.9 Å². The highest BCUT2D eigenvalue weighted by atomic mass is 16.6. The quantitative estimate of drug-likeness (QED) is 0.583. The molecule has 7 nitrogen and oxygen atoms in total. The van der Waals surface area contributed by atoms with Crippen LogP contribution in [0.1, 0.15) is 18.9 Å². The maximum absolute atomic E-state index is 10.8. The third-order valence-electron chi connectivity index (χ3n) is 3.13. The van der Waals surface area contributed by atoms with Gasteiger partial charge in [-0.25, -0.2) is 0 Å². The number of piperidine rings is 1. The molecule has 0 atom stereocenters. The van der Waals surface area contributed by atoms with Crippen molar-refractivity contribution in [3.05, 3.63) is 16.3 Å². The highest BCUT2D eigenvalue weighted by molar-refractivity contribution is 5.38. The topological polar surface area (TPSA) is 73.4 Å². The number of hydrogen-bond acceptors (Lipinski definition) is 5. The molecule has 0 saturated carbocycles. The summed E-state index contributed by atoms with van der Waals surface area (Å²) >= 11 is 0. The van der Waals surface area contributed by atoms with Crippen LogP contribution in [0.4, 0.5) is 5.69 Å². The second-order valence-corrected chi connectivity index (χ2v) is 4.30. The van der Waals surface area contributed by atoms with Crippen LogP contribution in [0.15, 0.2) is 6.20 Å². The van der Waals surface area contributed by atoms with Gasteiger partial charge in [0.25, 0.3) is 0 Å². The van der Waals surface area contributed by atoms with Crippen molar-refractivity contribution in [2.75, 3.05) is 27.2 Å². The molecular formula is C10H16N4O3. The van der Waals surface area contributed by atoms with Crippen LogP contribution in [0.5, 0.6) is 5.88 Å². The van der Waals surface area contributed by atoms with Gasteiger partial charge in [0.15, 0.2) is 0 Å². The SMILES string of the molecule is COc1nn(C2CCN(C)CC2)cc1[N+](=O)[O-]. The van der Waals surface area contributed by atoms with E-state index in [1.165, 1.54) is 13.3 Å². The zero-order chi connectivity index (χ0) is 12.4. The molecule has 7 heteroatoms. The highest BCUT2D eigenvalue weighted by Crippen LogP contribution is 2.29. The van der Waals surface area contributed by atoms with Gasteiger partial charge in [0.05, 0.1) is 18.1 Å². The minimum Gasteiger partial charge on any atom is -0.475 e. The summed E-state index contributed by atoms with van der Waals surface area (Å²) in [4.78, 5) is 12.6. The van der Waals surface area contributed by atoms with Crippen molar-refractivity contribution in [2.45, 2.75) is 18.9 Å². The van der Waals surface area contributed by atoms with Crippen LogP contribution in [0.3, 0.4) is 0 Å². The van der Waals surface area contributed by atoms with Crippen molar-refractivity contribution in [3.8, 4) is 5.88 Å². The Morgan fingerprint density at radius 3 is 2.65 bits per heavy atom. The van der Waals surface area contributed by atoms with Gasteiger partial charge in [-0.2, -0.15) is 0 Å². The van der Waals surface area contributed by atoms with E-state index in [4.69, 9.17) is 4.74 Å². The van der Waals surface area contributed by atoms with Gasteiger partial charge in [-0.3, -0.25) is 14.8 Å².